The van der Waals surface area contributed by atoms with Crippen molar-refractivity contribution >= 4 is 10.9 Å². The minimum Gasteiger partial charge on any atom is -0.256 e. The van der Waals surface area contributed by atoms with E-state index >= 15 is 0 Å². The van der Waals surface area contributed by atoms with E-state index in [9.17, 15) is 13.2 Å². The summed E-state index contributed by atoms with van der Waals surface area (Å²) >= 11 is 0. The molecule has 0 aliphatic carbocycles. The van der Waals surface area contributed by atoms with Crippen molar-refractivity contribution in [2.45, 2.75) is 6.18 Å². The van der Waals surface area contributed by atoms with E-state index < -0.39 is 11.7 Å². The van der Waals surface area contributed by atoms with Gasteiger partial charge >= 0.3 is 6.18 Å². The lowest BCUT2D eigenvalue weighted by Crippen LogP contribution is -2.05. The summed E-state index contributed by atoms with van der Waals surface area (Å²) in [7, 11) is 0. The van der Waals surface area contributed by atoms with Gasteiger partial charge in [-0.1, -0.05) is 18.2 Å². The topological polar surface area (TPSA) is 25.8 Å². The van der Waals surface area contributed by atoms with Crippen LogP contribution < -0.4 is 0 Å². The zero-order valence-electron chi connectivity index (χ0n) is 10.2. The maximum absolute atomic E-state index is 12.8. The van der Waals surface area contributed by atoms with Crippen LogP contribution in [0.3, 0.4) is 0 Å². The second kappa shape index (κ2) is 4.59. The molecule has 0 atom stereocenters. The normalized spacial score (nSPS) is 11.8. The van der Waals surface area contributed by atoms with Gasteiger partial charge in [0.1, 0.15) is 0 Å². The van der Waals surface area contributed by atoms with E-state index in [4.69, 9.17) is 0 Å². The number of rotatable bonds is 1. The molecule has 0 bridgehead atoms. The van der Waals surface area contributed by atoms with Gasteiger partial charge in [0.25, 0.3) is 0 Å². The first-order valence-electron chi connectivity index (χ1n) is 5.93. The van der Waals surface area contributed by atoms with Gasteiger partial charge in [0.15, 0.2) is 0 Å². The van der Waals surface area contributed by atoms with Crippen LogP contribution in [0.2, 0.25) is 0 Å². The molecule has 3 rings (SSSR count). The Kier molecular flexibility index (Phi) is 2.89. The minimum absolute atomic E-state index is 0.290. The molecule has 1 aromatic carbocycles. The molecule has 0 spiro atoms. The van der Waals surface area contributed by atoms with E-state index in [1.54, 1.807) is 12.3 Å². The minimum atomic E-state index is -4.37. The van der Waals surface area contributed by atoms with Crippen LogP contribution in [-0.2, 0) is 6.18 Å². The fraction of sp³-hybridized carbons (Fsp3) is 0.0667. The standard InChI is InChI=1S/C15H9F3N2/c16-15(17,18)10-5-7-20-14(9-10)12-6-8-19-13-4-2-1-3-11(12)13/h1-9H. The van der Waals surface area contributed by atoms with Gasteiger partial charge in [-0.3, -0.25) is 9.97 Å². The predicted octanol–water partition coefficient (Wildman–Crippen LogP) is 4.32. The van der Waals surface area contributed by atoms with E-state index in [2.05, 4.69) is 9.97 Å². The summed E-state index contributed by atoms with van der Waals surface area (Å²) in [6.45, 7) is 0. The molecule has 0 aliphatic heterocycles. The second-order valence-electron chi connectivity index (χ2n) is 4.30. The molecular formula is C15H9F3N2. The van der Waals surface area contributed by atoms with Crippen LogP contribution >= 0.6 is 0 Å². The van der Waals surface area contributed by atoms with Crippen molar-refractivity contribution in [2.24, 2.45) is 0 Å². The lowest BCUT2D eigenvalue weighted by molar-refractivity contribution is -0.137. The number of alkyl halides is 3. The molecule has 0 aliphatic rings. The number of fused-ring (bicyclic) bond motifs is 1. The SMILES string of the molecule is FC(F)(F)c1ccnc(-c2ccnc3ccccc23)c1. The molecule has 3 aromatic rings. The highest BCUT2D eigenvalue weighted by Gasteiger charge is 2.30. The molecule has 5 heteroatoms. The van der Waals surface area contributed by atoms with Crippen molar-refractivity contribution in [1.82, 2.24) is 9.97 Å². The van der Waals surface area contributed by atoms with E-state index in [1.807, 2.05) is 24.3 Å². The summed E-state index contributed by atoms with van der Waals surface area (Å²) in [5.74, 6) is 0. The zero-order valence-corrected chi connectivity index (χ0v) is 10.2. The number of aromatic nitrogens is 2. The molecule has 100 valence electrons. The first-order chi connectivity index (χ1) is 9.55. The Morgan fingerprint density at radius 2 is 1.60 bits per heavy atom. The van der Waals surface area contributed by atoms with Gasteiger partial charge < -0.3 is 0 Å². The average Bonchev–Trinajstić information content (AvgIpc) is 2.46. The van der Waals surface area contributed by atoms with E-state index in [-0.39, 0.29) is 0 Å². The number of halogens is 3. The summed E-state index contributed by atoms with van der Waals surface area (Å²) in [4.78, 5) is 8.23. The molecule has 0 saturated carbocycles. The number of para-hydroxylation sites is 1. The Hall–Kier alpha value is -2.43. The molecule has 2 aromatic heterocycles. The summed E-state index contributed by atoms with van der Waals surface area (Å²) in [6, 6.07) is 11.0. The third-order valence-corrected chi connectivity index (χ3v) is 3.01. The number of pyridine rings is 2. The highest BCUT2D eigenvalue weighted by Crippen LogP contribution is 2.32. The van der Waals surface area contributed by atoms with Crippen LogP contribution in [-0.4, -0.2) is 9.97 Å². The monoisotopic (exact) mass is 274 g/mol. The fourth-order valence-corrected chi connectivity index (χ4v) is 2.07. The van der Waals surface area contributed by atoms with Gasteiger partial charge in [-0.2, -0.15) is 13.2 Å². The Morgan fingerprint density at radius 3 is 2.40 bits per heavy atom. The predicted molar refractivity (Wildman–Crippen MR) is 70.0 cm³/mol. The largest absolute Gasteiger partial charge is 0.416 e. The first kappa shape index (κ1) is 12.6. The summed E-state index contributed by atoms with van der Waals surface area (Å²) in [5, 5.41) is 0.779. The molecule has 0 fully saturated rings. The van der Waals surface area contributed by atoms with E-state index in [0.717, 1.165) is 23.0 Å². The number of benzene rings is 1. The van der Waals surface area contributed by atoms with Crippen LogP contribution in [0, 0.1) is 0 Å². The van der Waals surface area contributed by atoms with Crippen LogP contribution in [0.1, 0.15) is 5.56 Å². The number of nitrogens with zero attached hydrogens (tertiary/aromatic N) is 2. The molecule has 2 heterocycles. The van der Waals surface area contributed by atoms with Crippen molar-refractivity contribution in [3.63, 3.8) is 0 Å². The number of hydrogen-bond donors (Lipinski definition) is 0. The molecule has 2 nitrogen and oxygen atoms in total. The Bertz CT molecular complexity index is 761. The smallest absolute Gasteiger partial charge is 0.256 e. The molecule has 0 unspecified atom stereocenters. The first-order valence-corrected chi connectivity index (χ1v) is 5.93. The molecular weight excluding hydrogens is 265 g/mol. The lowest BCUT2D eigenvalue weighted by Gasteiger charge is -2.09. The Labute approximate surface area is 112 Å². The van der Waals surface area contributed by atoms with Gasteiger partial charge in [0, 0.05) is 23.3 Å². The van der Waals surface area contributed by atoms with Crippen LogP contribution in [0.15, 0.2) is 54.9 Å². The maximum Gasteiger partial charge on any atom is 0.416 e. The van der Waals surface area contributed by atoms with Crippen LogP contribution in [0.5, 0.6) is 0 Å². The van der Waals surface area contributed by atoms with Crippen molar-refractivity contribution in [3.8, 4) is 11.3 Å². The van der Waals surface area contributed by atoms with Crippen molar-refractivity contribution in [2.75, 3.05) is 0 Å². The van der Waals surface area contributed by atoms with Gasteiger partial charge in [-0.25, -0.2) is 0 Å². The van der Waals surface area contributed by atoms with Crippen molar-refractivity contribution < 1.29 is 13.2 Å². The second-order valence-corrected chi connectivity index (χ2v) is 4.30. The molecule has 0 N–H and O–H groups in total. The van der Waals surface area contributed by atoms with E-state index in [0.29, 0.717) is 11.3 Å². The maximum atomic E-state index is 12.8. The average molecular weight is 274 g/mol. The fourth-order valence-electron chi connectivity index (χ4n) is 2.07. The molecule has 20 heavy (non-hydrogen) atoms. The summed E-state index contributed by atoms with van der Waals surface area (Å²) < 4.78 is 38.3. The van der Waals surface area contributed by atoms with Crippen LogP contribution in [0.4, 0.5) is 13.2 Å². The zero-order chi connectivity index (χ0) is 14.2. The summed E-state index contributed by atoms with van der Waals surface area (Å²) in [6.07, 6.45) is -1.63. The van der Waals surface area contributed by atoms with Gasteiger partial charge in [-0.15, -0.1) is 0 Å². The summed E-state index contributed by atoms with van der Waals surface area (Å²) in [5.41, 5.74) is 0.952. The van der Waals surface area contributed by atoms with Gasteiger partial charge in [0.2, 0.25) is 0 Å². The van der Waals surface area contributed by atoms with Crippen molar-refractivity contribution in [3.05, 3.63) is 60.4 Å². The van der Waals surface area contributed by atoms with Gasteiger partial charge in [-0.05, 0) is 24.3 Å². The molecule has 0 radical (unpaired) electrons. The van der Waals surface area contributed by atoms with Gasteiger partial charge in [0.05, 0.1) is 16.8 Å². The lowest BCUT2D eigenvalue weighted by atomic mass is 10.0. The third-order valence-electron chi connectivity index (χ3n) is 3.01. The quantitative estimate of drug-likeness (QED) is 0.660. The van der Waals surface area contributed by atoms with Crippen LogP contribution in [0.25, 0.3) is 22.2 Å². The highest BCUT2D eigenvalue weighted by molar-refractivity contribution is 5.93. The third kappa shape index (κ3) is 2.22. The Morgan fingerprint density at radius 1 is 0.850 bits per heavy atom. The Balaban J connectivity index is 2.21. The molecule has 0 amide bonds. The van der Waals surface area contributed by atoms with Crippen molar-refractivity contribution in [1.29, 1.82) is 0 Å². The number of hydrogen-bond acceptors (Lipinski definition) is 2. The highest BCUT2D eigenvalue weighted by atomic mass is 19.4. The molecule has 0 saturated heterocycles. The van der Waals surface area contributed by atoms with E-state index in [1.165, 1.54) is 6.20 Å².